The van der Waals surface area contributed by atoms with Crippen molar-refractivity contribution in [1.82, 2.24) is 25.4 Å². The Bertz CT molecular complexity index is 728. The predicted molar refractivity (Wildman–Crippen MR) is 92.2 cm³/mol. The molecule has 0 radical (unpaired) electrons. The molecule has 0 saturated carbocycles. The quantitative estimate of drug-likeness (QED) is 0.841. The van der Waals surface area contributed by atoms with Crippen LogP contribution in [0.1, 0.15) is 49.9 Å². The van der Waals surface area contributed by atoms with Crippen LogP contribution >= 0.6 is 0 Å². The first kappa shape index (κ1) is 17.5. The highest BCUT2D eigenvalue weighted by Crippen LogP contribution is 2.19. The van der Waals surface area contributed by atoms with E-state index in [0.717, 1.165) is 43.0 Å². The summed E-state index contributed by atoms with van der Waals surface area (Å²) in [5.41, 5.74) is 0.863. The Labute approximate surface area is 146 Å². The third-order valence-corrected chi connectivity index (χ3v) is 4.55. The van der Waals surface area contributed by atoms with Crippen LogP contribution in [0.15, 0.2) is 24.3 Å². The molecule has 0 bridgehead atoms. The Balaban J connectivity index is 1.54. The zero-order chi connectivity index (χ0) is 17.8. The monoisotopic (exact) mass is 345 g/mol. The number of carbonyl (C=O) groups excluding carboxylic acids is 1. The van der Waals surface area contributed by atoms with Gasteiger partial charge in [-0.25, -0.2) is 4.39 Å². The van der Waals surface area contributed by atoms with Crippen LogP contribution in [-0.4, -0.2) is 26.7 Å². The van der Waals surface area contributed by atoms with Crippen LogP contribution in [0.2, 0.25) is 0 Å². The van der Waals surface area contributed by atoms with Gasteiger partial charge in [0.2, 0.25) is 5.91 Å². The van der Waals surface area contributed by atoms with Crippen molar-refractivity contribution in [2.75, 3.05) is 0 Å². The molecule has 2 N–H and O–H groups in total. The Morgan fingerprint density at radius 2 is 2.00 bits per heavy atom. The predicted octanol–water partition coefficient (Wildman–Crippen LogP) is 2.11. The highest BCUT2D eigenvalue weighted by molar-refractivity contribution is 5.81. The standard InChI is InChI=1S/C18H24FN5O/c1-12(17-23-22-16-5-3-4-10-24(16)17)21-13(2)18(25)20-11-14-6-8-15(19)9-7-14/h6-9,12-13,21H,3-5,10-11H2,1-2H3,(H,20,25). The van der Waals surface area contributed by atoms with Crippen LogP contribution in [0.25, 0.3) is 0 Å². The highest BCUT2D eigenvalue weighted by atomic mass is 19.1. The molecule has 0 spiro atoms. The average Bonchev–Trinajstić information content (AvgIpc) is 3.05. The molecular weight excluding hydrogens is 321 g/mol. The fraction of sp³-hybridized carbons (Fsp3) is 0.500. The lowest BCUT2D eigenvalue weighted by Crippen LogP contribution is -2.43. The van der Waals surface area contributed by atoms with E-state index >= 15 is 0 Å². The summed E-state index contributed by atoms with van der Waals surface area (Å²) in [5, 5.41) is 14.7. The van der Waals surface area contributed by atoms with Gasteiger partial charge in [0.05, 0.1) is 12.1 Å². The number of fused-ring (bicyclic) bond motifs is 1. The summed E-state index contributed by atoms with van der Waals surface area (Å²) in [6, 6.07) is 5.68. The summed E-state index contributed by atoms with van der Waals surface area (Å²) < 4.78 is 15.1. The van der Waals surface area contributed by atoms with Gasteiger partial charge in [0.25, 0.3) is 0 Å². The molecule has 1 aromatic carbocycles. The molecule has 134 valence electrons. The van der Waals surface area contributed by atoms with Crippen molar-refractivity contribution in [2.45, 2.75) is 58.3 Å². The van der Waals surface area contributed by atoms with Crippen molar-refractivity contribution >= 4 is 5.91 Å². The van der Waals surface area contributed by atoms with E-state index in [9.17, 15) is 9.18 Å². The number of aryl methyl sites for hydroxylation is 1. The van der Waals surface area contributed by atoms with Gasteiger partial charge in [-0.1, -0.05) is 12.1 Å². The summed E-state index contributed by atoms with van der Waals surface area (Å²) in [6.45, 7) is 5.13. The van der Waals surface area contributed by atoms with Crippen LogP contribution < -0.4 is 10.6 Å². The topological polar surface area (TPSA) is 71.8 Å². The molecule has 0 aliphatic carbocycles. The number of nitrogens with one attached hydrogen (secondary N) is 2. The van der Waals surface area contributed by atoms with Crippen molar-refractivity contribution in [3.63, 3.8) is 0 Å². The number of benzene rings is 1. The van der Waals surface area contributed by atoms with Gasteiger partial charge in [-0.3, -0.25) is 10.1 Å². The lowest BCUT2D eigenvalue weighted by atomic mass is 10.1. The van der Waals surface area contributed by atoms with E-state index in [1.165, 1.54) is 12.1 Å². The van der Waals surface area contributed by atoms with Gasteiger partial charge in [-0.05, 0) is 44.4 Å². The van der Waals surface area contributed by atoms with Crippen LogP contribution in [-0.2, 0) is 24.3 Å². The zero-order valence-corrected chi connectivity index (χ0v) is 14.6. The molecule has 1 aliphatic heterocycles. The average molecular weight is 345 g/mol. The smallest absolute Gasteiger partial charge is 0.237 e. The van der Waals surface area contributed by atoms with Gasteiger partial charge in [0.15, 0.2) is 0 Å². The van der Waals surface area contributed by atoms with Crippen LogP contribution in [0.4, 0.5) is 4.39 Å². The number of rotatable bonds is 6. The summed E-state index contributed by atoms with van der Waals surface area (Å²) in [4.78, 5) is 12.3. The summed E-state index contributed by atoms with van der Waals surface area (Å²) in [6.07, 6.45) is 3.26. The first-order chi connectivity index (χ1) is 12.0. The minimum absolute atomic E-state index is 0.0640. The van der Waals surface area contributed by atoms with Crippen molar-refractivity contribution < 1.29 is 9.18 Å². The van der Waals surface area contributed by atoms with Gasteiger partial charge < -0.3 is 9.88 Å². The molecule has 25 heavy (non-hydrogen) atoms. The van der Waals surface area contributed by atoms with E-state index in [4.69, 9.17) is 0 Å². The second-order valence-corrected chi connectivity index (χ2v) is 6.54. The Kier molecular flexibility index (Phi) is 5.43. The fourth-order valence-electron chi connectivity index (χ4n) is 3.12. The summed E-state index contributed by atoms with van der Waals surface area (Å²) >= 11 is 0. The maximum Gasteiger partial charge on any atom is 0.237 e. The van der Waals surface area contributed by atoms with Gasteiger partial charge in [0, 0.05) is 19.5 Å². The number of hydrogen-bond acceptors (Lipinski definition) is 4. The van der Waals surface area contributed by atoms with Gasteiger partial charge in [-0.2, -0.15) is 0 Å². The first-order valence-corrected chi connectivity index (χ1v) is 8.75. The van der Waals surface area contributed by atoms with Crippen molar-refractivity contribution in [3.05, 3.63) is 47.3 Å². The third kappa shape index (κ3) is 4.22. The number of aromatic nitrogens is 3. The Morgan fingerprint density at radius 1 is 1.24 bits per heavy atom. The molecule has 0 fully saturated rings. The summed E-state index contributed by atoms with van der Waals surface area (Å²) in [5.74, 6) is 1.53. The van der Waals surface area contributed by atoms with Crippen molar-refractivity contribution in [2.24, 2.45) is 0 Å². The third-order valence-electron chi connectivity index (χ3n) is 4.55. The van der Waals surface area contributed by atoms with Crippen LogP contribution in [0.3, 0.4) is 0 Å². The Hall–Kier alpha value is -2.28. The number of halogens is 1. The zero-order valence-electron chi connectivity index (χ0n) is 14.6. The molecule has 0 saturated heterocycles. The van der Waals surface area contributed by atoms with Crippen LogP contribution in [0, 0.1) is 5.82 Å². The number of hydrogen-bond donors (Lipinski definition) is 2. The lowest BCUT2D eigenvalue weighted by molar-refractivity contribution is -0.123. The maximum absolute atomic E-state index is 12.9. The second-order valence-electron chi connectivity index (χ2n) is 6.54. The number of nitrogens with zero attached hydrogens (tertiary/aromatic N) is 3. The molecule has 3 rings (SSSR count). The molecule has 1 amide bonds. The second kappa shape index (κ2) is 7.74. The van der Waals surface area contributed by atoms with Crippen molar-refractivity contribution in [3.8, 4) is 0 Å². The molecule has 6 nitrogen and oxygen atoms in total. The molecule has 2 heterocycles. The number of amides is 1. The molecule has 1 aromatic heterocycles. The molecule has 2 atom stereocenters. The SMILES string of the molecule is CC(NC(C)c1nnc2n1CCCC2)C(=O)NCc1ccc(F)cc1. The lowest BCUT2D eigenvalue weighted by Gasteiger charge is -2.21. The molecule has 2 aromatic rings. The van der Waals surface area contributed by atoms with E-state index in [-0.39, 0.29) is 23.8 Å². The van der Waals surface area contributed by atoms with E-state index in [2.05, 4.69) is 25.4 Å². The molecular formula is C18H24FN5O. The fourth-order valence-corrected chi connectivity index (χ4v) is 3.12. The number of carbonyl (C=O) groups is 1. The van der Waals surface area contributed by atoms with Crippen molar-refractivity contribution in [1.29, 1.82) is 0 Å². The molecule has 2 unspecified atom stereocenters. The van der Waals surface area contributed by atoms with Crippen LogP contribution in [0.5, 0.6) is 0 Å². The largest absolute Gasteiger partial charge is 0.351 e. The molecule has 7 heteroatoms. The van der Waals surface area contributed by atoms with E-state index in [1.54, 1.807) is 12.1 Å². The highest BCUT2D eigenvalue weighted by Gasteiger charge is 2.23. The minimum Gasteiger partial charge on any atom is -0.351 e. The van der Waals surface area contributed by atoms with E-state index < -0.39 is 0 Å². The normalized spacial score (nSPS) is 16.1. The van der Waals surface area contributed by atoms with Gasteiger partial charge >= 0.3 is 0 Å². The summed E-state index contributed by atoms with van der Waals surface area (Å²) in [7, 11) is 0. The Morgan fingerprint density at radius 3 is 2.76 bits per heavy atom. The van der Waals surface area contributed by atoms with E-state index in [0.29, 0.717) is 6.54 Å². The van der Waals surface area contributed by atoms with E-state index in [1.807, 2.05) is 13.8 Å². The first-order valence-electron chi connectivity index (χ1n) is 8.75. The van der Waals surface area contributed by atoms with Gasteiger partial charge in [0.1, 0.15) is 17.5 Å². The van der Waals surface area contributed by atoms with Gasteiger partial charge in [-0.15, -0.1) is 10.2 Å². The maximum atomic E-state index is 12.9. The molecule has 1 aliphatic rings. The minimum atomic E-state index is -0.369.